The first-order valence-corrected chi connectivity index (χ1v) is 3.73. The van der Waals surface area contributed by atoms with Crippen molar-refractivity contribution in [3.05, 3.63) is 29.7 Å². The lowest BCUT2D eigenvalue weighted by atomic mass is 10.2. The molecule has 5 nitrogen and oxygen atoms in total. The van der Waals surface area contributed by atoms with Gasteiger partial charge >= 0.3 is 5.97 Å². The zero-order chi connectivity index (χ0) is 9.42. The summed E-state index contributed by atoms with van der Waals surface area (Å²) in [5.41, 5.74) is 1.41. The maximum Gasteiger partial charge on any atom is 0.339 e. The molecule has 0 unspecified atom stereocenters. The van der Waals surface area contributed by atoms with Crippen molar-refractivity contribution in [2.75, 3.05) is 0 Å². The predicted molar refractivity (Wildman–Crippen MR) is 44.7 cm³/mol. The molecule has 0 spiro atoms. The Morgan fingerprint density at radius 1 is 1.54 bits per heavy atom. The van der Waals surface area contributed by atoms with Crippen molar-refractivity contribution in [1.29, 1.82) is 0 Å². The largest absolute Gasteiger partial charge is 0.478 e. The molecule has 66 valence electrons. The van der Waals surface area contributed by atoms with Crippen LogP contribution in [0.1, 0.15) is 16.1 Å². The summed E-state index contributed by atoms with van der Waals surface area (Å²) >= 11 is 0. The van der Waals surface area contributed by atoms with E-state index in [4.69, 9.17) is 5.11 Å². The van der Waals surface area contributed by atoms with E-state index in [1.807, 2.05) is 6.92 Å². The number of rotatable bonds is 1. The quantitative estimate of drug-likeness (QED) is 0.697. The number of aromatic carboxylic acids is 1. The van der Waals surface area contributed by atoms with Crippen LogP contribution < -0.4 is 0 Å². The Morgan fingerprint density at radius 3 is 3.00 bits per heavy atom. The van der Waals surface area contributed by atoms with Gasteiger partial charge in [-0.1, -0.05) is 0 Å². The number of fused-ring (bicyclic) bond motifs is 1. The molecule has 0 bridgehead atoms. The first-order chi connectivity index (χ1) is 6.20. The van der Waals surface area contributed by atoms with Gasteiger partial charge in [-0.3, -0.25) is 0 Å². The van der Waals surface area contributed by atoms with Crippen LogP contribution >= 0.6 is 0 Å². The summed E-state index contributed by atoms with van der Waals surface area (Å²) in [7, 11) is 0. The van der Waals surface area contributed by atoms with Crippen LogP contribution in [0, 0.1) is 6.92 Å². The van der Waals surface area contributed by atoms with Crippen molar-refractivity contribution < 1.29 is 9.90 Å². The van der Waals surface area contributed by atoms with E-state index >= 15 is 0 Å². The van der Waals surface area contributed by atoms with Gasteiger partial charge in [0.1, 0.15) is 11.9 Å². The fourth-order valence-electron chi connectivity index (χ4n) is 1.20. The van der Waals surface area contributed by atoms with Gasteiger partial charge in [0.2, 0.25) is 0 Å². The number of carboxylic acids is 1. The Hall–Kier alpha value is -1.91. The van der Waals surface area contributed by atoms with Crippen LogP contribution in [0.25, 0.3) is 5.65 Å². The van der Waals surface area contributed by atoms with E-state index in [9.17, 15) is 4.79 Å². The molecule has 0 radical (unpaired) electrons. The Bertz CT molecular complexity index is 475. The van der Waals surface area contributed by atoms with E-state index in [1.165, 1.54) is 16.9 Å². The molecule has 0 atom stereocenters. The Labute approximate surface area is 73.6 Å². The van der Waals surface area contributed by atoms with Crippen LogP contribution in [0.4, 0.5) is 0 Å². The van der Waals surface area contributed by atoms with Gasteiger partial charge < -0.3 is 5.11 Å². The van der Waals surface area contributed by atoms with Crippen LogP contribution in [-0.4, -0.2) is 25.7 Å². The second-order valence-electron chi connectivity index (χ2n) is 2.69. The van der Waals surface area contributed by atoms with Gasteiger partial charge in [-0.15, -0.1) is 0 Å². The van der Waals surface area contributed by atoms with Gasteiger partial charge in [0.05, 0.1) is 0 Å². The van der Waals surface area contributed by atoms with Crippen LogP contribution in [0.15, 0.2) is 18.5 Å². The molecule has 2 heterocycles. The lowest BCUT2D eigenvalue weighted by Crippen LogP contribution is -2.03. The Balaban J connectivity index is 2.86. The number of hydrogen-bond acceptors (Lipinski definition) is 3. The molecule has 0 saturated carbocycles. The molecule has 0 saturated heterocycles. The Kier molecular flexibility index (Phi) is 1.51. The number of carboxylic acid groups (broad SMARTS) is 1. The predicted octanol–water partition coefficient (Wildman–Crippen LogP) is 0.736. The van der Waals surface area contributed by atoms with Gasteiger partial charge in [-0.25, -0.2) is 14.3 Å². The van der Waals surface area contributed by atoms with E-state index < -0.39 is 5.97 Å². The SMILES string of the molecule is Cc1ccc(C(=O)O)c2ncnn12. The third kappa shape index (κ3) is 1.05. The lowest BCUT2D eigenvalue weighted by Gasteiger charge is -1.99. The van der Waals surface area contributed by atoms with Gasteiger partial charge in [0, 0.05) is 5.69 Å². The number of nitrogens with zero attached hydrogens (tertiary/aromatic N) is 3. The van der Waals surface area contributed by atoms with Crippen molar-refractivity contribution in [2.24, 2.45) is 0 Å². The van der Waals surface area contributed by atoms with Crippen LogP contribution in [0.3, 0.4) is 0 Å². The van der Waals surface area contributed by atoms with Gasteiger partial charge in [0.15, 0.2) is 5.65 Å². The molecule has 13 heavy (non-hydrogen) atoms. The number of hydrogen-bond donors (Lipinski definition) is 1. The maximum absolute atomic E-state index is 10.7. The highest BCUT2D eigenvalue weighted by Gasteiger charge is 2.10. The topological polar surface area (TPSA) is 67.5 Å². The Morgan fingerprint density at radius 2 is 2.31 bits per heavy atom. The first-order valence-electron chi connectivity index (χ1n) is 3.73. The monoisotopic (exact) mass is 177 g/mol. The van der Waals surface area contributed by atoms with Gasteiger partial charge in [0.25, 0.3) is 0 Å². The zero-order valence-electron chi connectivity index (χ0n) is 6.93. The third-order valence-corrected chi connectivity index (χ3v) is 1.84. The fourth-order valence-corrected chi connectivity index (χ4v) is 1.20. The van der Waals surface area contributed by atoms with E-state index in [-0.39, 0.29) is 5.56 Å². The third-order valence-electron chi connectivity index (χ3n) is 1.84. The average Bonchev–Trinajstić information content (AvgIpc) is 2.53. The van der Waals surface area contributed by atoms with Crippen molar-refractivity contribution >= 4 is 11.6 Å². The number of pyridine rings is 1. The fraction of sp³-hybridized carbons (Fsp3) is 0.125. The molecule has 0 aromatic carbocycles. The summed E-state index contributed by atoms with van der Waals surface area (Å²) in [4.78, 5) is 14.6. The second kappa shape index (κ2) is 2.55. The highest BCUT2D eigenvalue weighted by Crippen LogP contribution is 2.09. The molecule has 0 aliphatic rings. The summed E-state index contributed by atoms with van der Waals surface area (Å²) in [5, 5.41) is 12.7. The van der Waals surface area contributed by atoms with Crippen molar-refractivity contribution in [1.82, 2.24) is 14.6 Å². The minimum absolute atomic E-state index is 0.170. The molecule has 1 N–H and O–H groups in total. The van der Waals surface area contributed by atoms with E-state index in [0.29, 0.717) is 5.65 Å². The smallest absolute Gasteiger partial charge is 0.339 e. The van der Waals surface area contributed by atoms with Crippen LogP contribution in [0.5, 0.6) is 0 Å². The molecule has 0 amide bonds. The van der Waals surface area contributed by atoms with Crippen LogP contribution in [0.2, 0.25) is 0 Å². The molecule has 2 aromatic rings. The second-order valence-corrected chi connectivity index (χ2v) is 2.69. The van der Waals surface area contributed by atoms with E-state index in [1.54, 1.807) is 6.07 Å². The summed E-state index contributed by atoms with van der Waals surface area (Å²) in [6, 6.07) is 3.23. The lowest BCUT2D eigenvalue weighted by molar-refractivity contribution is 0.0698. The zero-order valence-corrected chi connectivity index (χ0v) is 6.93. The summed E-state index contributed by atoms with van der Waals surface area (Å²) in [6.07, 6.45) is 1.34. The standard InChI is InChI=1S/C8H7N3O2/c1-5-2-3-6(8(12)13)7-9-4-10-11(5)7/h2-4H,1H3,(H,12,13). The summed E-state index contributed by atoms with van der Waals surface area (Å²) < 4.78 is 1.50. The molecular weight excluding hydrogens is 170 g/mol. The van der Waals surface area contributed by atoms with Gasteiger partial charge in [-0.05, 0) is 19.1 Å². The minimum atomic E-state index is -0.988. The van der Waals surface area contributed by atoms with Crippen molar-refractivity contribution in [2.45, 2.75) is 6.92 Å². The summed E-state index contributed by atoms with van der Waals surface area (Å²) in [6.45, 7) is 1.84. The number of carbonyl (C=O) groups is 1. The molecule has 5 heteroatoms. The molecule has 0 aliphatic heterocycles. The van der Waals surface area contributed by atoms with E-state index in [0.717, 1.165) is 5.69 Å². The van der Waals surface area contributed by atoms with Crippen molar-refractivity contribution in [3.63, 3.8) is 0 Å². The molecule has 0 aliphatic carbocycles. The molecular formula is C8H7N3O2. The first kappa shape index (κ1) is 7.72. The summed E-state index contributed by atoms with van der Waals surface area (Å²) in [5.74, 6) is -0.988. The molecule has 0 fully saturated rings. The van der Waals surface area contributed by atoms with Crippen molar-refractivity contribution in [3.8, 4) is 0 Å². The van der Waals surface area contributed by atoms with E-state index in [2.05, 4.69) is 10.1 Å². The average molecular weight is 177 g/mol. The number of aromatic nitrogens is 3. The molecule has 2 aromatic heterocycles. The van der Waals surface area contributed by atoms with Crippen LogP contribution in [-0.2, 0) is 0 Å². The molecule has 2 rings (SSSR count). The normalized spacial score (nSPS) is 10.5. The number of aryl methyl sites for hydroxylation is 1. The highest BCUT2D eigenvalue weighted by atomic mass is 16.4. The maximum atomic E-state index is 10.7. The minimum Gasteiger partial charge on any atom is -0.478 e. The van der Waals surface area contributed by atoms with Gasteiger partial charge in [-0.2, -0.15) is 5.10 Å². The highest BCUT2D eigenvalue weighted by molar-refractivity contribution is 5.94.